The molecule has 1 aliphatic heterocycles. The lowest BCUT2D eigenvalue weighted by atomic mass is 9.98. The van der Waals surface area contributed by atoms with Crippen LogP contribution in [-0.2, 0) is 6.54 Å². The minimum atomic E-state index is -0.102. The molecule has 3 aromatic rings. The number of benzene rings is 1. The Hall–Kier alpha value is -2.89. The third-order valence-electron chi connectivity index (χ3n) is 4.26. The highest BCUT2D eigenvalue weighted by Crippen LogP contribution is 2.21. The van der Waals surface area contributed by atoms with E-state index >= 15 is 0 Å². The van der Waals surface area contributed by atoms with Crippen molar-refractivity contribution < 1.29 is 4.79 Å². The molecule has 6 nitrogen and oxygen atoms in total. The Morgan fingerprint density at radius 3 is 2.96 bits per heavy atom. The molecule has 0 unspecified atom stereocenters. The average molecular weight is 308 g/mol. The molecule has 2 aromatic heterocycles. The second kappa shape index (κ2) is 5.39. The number of aromatic nitrogens is 3. The van der Waals surface area contributed by atoms with E-state index in [4.69, 9.17) is 0 Å². The van der Waals surface area contributed by atoms with E-state index in [0.29, 0.717) is 25.2 Å². The number of likely N-dealkylation sites (tertiary alicyclic amines) is 1. The van der Waals surface area contributed by atoms with E-state index in [9.17, 15) is 9.59 Å². The highest BCUT2D eigenvalue weighted by molar-refractivity contribution is 5.98. The maximum Gasteiger partial charge on any atom is 0.266 e. The Morgan fingerprint density at radius 2 is 2.13 bits per heavy atom. The lowest BCUT2D eigenvalue weighted by Gasteiger charge is -2.39. The highest BCUT2D eigenvalue weighted by atomic mass is 16.2. The van der Waals surface area contributed by atoms with Gasteiger partial charge in [0.15, 0.2) is 0 Å². The largest absolute Gasteiger partial charge is 0.361 e. The van der Waals surface area contributed by atoms with Crippen molar-refractivity contribution in [1.82, 2.24) is 19.7 Å². The third kappa shape index (κ3) is 2.52. The van der Waals surface area contributed by atoms with Gasteiger partial charge in [-0.3, -0.25) is 9.59 Å². The fourth-order valence-electron chi connectivity index (χ4n) is 2.98. The minimum absolute atomic E-state index is 0.0334. The number of fused-ring (bicyclic) bond motifs is 1. The topological polar surface area (TPSA) is 71.0 Å². The number of nitrogens with zero attached hydrogens (tertiary/aromatic N) is 3. The van der Waals surface area contributed by atoms with Crippen LogP contribution in [0.5, 0.6) is 0 Å². The minimum Gasteiger partial charge on any atom is -0.361 e. The quantitative estimate of drug-likeness (QED) is 0.797. The maximum atomic E-state index is 12.5. The summed E-state index contributed by atoms with van der Waals surface area (Å²) in [6.07, 6.45) is 3.47. The molecule has 1 N–H and O–H groups in total. The molecule has 0 aliphatic carbocycles. The molecule has 23 heavy (non-hydrogen) atoms. The Morgan fingerprint density at radius 1 is 1.26 bits per heavy atom. The summed E-state index contributed by atoms with van der Waals surface area (Å²) in [5, 5.41) is 5.15. The summed E-state index contributed by atoms with van der Waals surface area (Å²) in [6.45, 7) is 1.87. The molecule has 0 bridgehead atoms. The van der Waals surface area contributed by atoms with E-state index in [2.05, 4.69) is 10.1 Å². The van der Waals surface area contributed by atoms with Crippen molar-refractivity contribution in [3.8, 4) is 0 Å². The molecule has 3 heterocycles. The fourth-order valence-corrected chi connectivity index (χ4v) is 2.98. The van der Waals surface area contributed by atoms with Gasteiger partial charge in [0.2, 0.25) is 0 Å². The molecule has 1 fully saturated rings. The highest BCUT2D eigenvalue weighted by Gasteiger charge is 2.31. The maximum absolute atomic E-state index is 12.5. The molecule has 0 saturated carbocycles. The number of carbonyl (C=O) groups is 1. The first-order chi connectivity index (χ1) is 11.2. The van der Waals surface area contributed by atoms with Gasteiger partial charge in [-0.1, -0.05) is 6.07 Å². The summed E-state index contributed by atoms with van der Waals surface area (Å²) < 4.78 is 1.46. The van der Waals surface area contributed by atoms with Gasteiger partial charge < -0.3 is 9.88 Å². The Bertz CT molecular complexity index is 921. The van der Waals surface area contributed by atoms with Crippen molar-refractivity contribution in [2.75, 3.05) is 13.1 Å². The van der Waals surface area contributed by atoms with Gasteiger partial charge in [0.25, 0.3) is 11.5 Å². The van der Waals surface area contributed by atoms with Crippen molar-refractivity contribution in [2.24, 2.45) is 5.92 Å². The van der Waals surface area contributed by atoms with Crippen molar-refractivity contribution in [2.45, 2.75) is 6.54 Å². The number of amides is 1. The number of nitrogens with one attached hydrogen (secondary N) is 1. The van der Waals surface area contributed by atoms with Crippen LogP contribution in [0.25, 0.3) is 10.9 Å². The molecule has 6 heteroatoms. The van der Waals surface area contributed by atoms with E-state index in [1.165, 1.54) is 10.7 Å². The summed E-state index contributed by atoms with van der Waals surface area (Å²) >= 11 is 0. The first-order valence-corrected chi connectivity index (χ1v) is 7.59. The molecule has 1 amide bonds. The Kier molecular flexibility index (Phi) is 3.22. The van der Waals surface area contributed by atoms with Gasteiger partial charge in [-0.25, -0.2) is 4.68 Å². The van der Waals surface area contributed by atoms with Crippen LogP contribution in [0.3, 0.4) is 0 Å². The molecule has 1 aliphatic rings. The van der Waals surface area contributed by atoms with Gasteiger partial charge >= 0.3 is 0 Å². The van der Waals surface area contributed by atoms with Crippen LogP contribution < -0.4 is 5.56 Å². The second-order valence-corrected chi connectivity index (χ2v) is 5.90. The molecule has 4 rings (SSSR count). The third-order valence-corrected chi connectivity index (χ3v) is 4.26. The van der Waals surface area contributed by atoms with Gasteiger partial charge in [0, 0.05) is 48.5 Å². The normalized spacial score (nSPS) is 14.9. The molecule has 0 atom stereocenters. The smallest absolute Gasteiger partial charge is 0.266 e. The van der Waals surface area contributed by atoms with Crippen LogP contribution in [0.2, 0.25) is 0 Å². The fraction of sp³-hybridized carbons (Fsp3) is 0.235. The first kappa shape index (κ1) is 13.8. The molecular formula is C17H16N4O2. The molecule has 1 aromatic carbocycles. The predicted octanol–water partition coefficient (Wildman–Crippen LogP) is 1.50. The Balaban J connectivity index is 1.42. The summed E-state index contributed by atoms with van der Waals surface area (Å²) in [5.74, 6) is 0.312. The zero-order valence-corrected chi connectivity index (χ0v) is 12.5. The predicted molar refractivity (Wildman–Crippen MR) is 86.2 cm³/mol. The van der Waals surface area contributed by atoms with Crippen molar-refractivity contribution in [3.05, 3.63) is 64.7 Å². The zero-order valence-electron chi connectivity index (χ0n) is 12.5. The zero-order chi connectivity index (χ0) is 15.8. The van der Waals surface area contributed by atoms with Gasteiger partial charge in [0.1, 0.15) is 0 Å². The van der Waals surface area contributed by atoms with Gasteiger partial charge in [-0.2, -0.15) is 5.10 Å². The van der Waals surface area contributed by atoms with Gasteiger partial charge in [0.05, 0.1) is 6.54 Å². The second-order valence-electron chi connectivity index (χ2n) is 5.90. The van der Waals surface area contributed by atoms with E-state index in [1.54, 1.807) is 12.3 Å². The lowest BCUT2D eigenvalue weighted by molar-refractivity contribution is 0.0458. The van der Waals surface area contributed by atoms with Gasteiger partial charge in [-0.15, -0.1) is 0 Å². The average Bonchev–Trinajstić information content (AvgIpc) is 2.99. The number of H-pyrrole nitrogens is 1. The molecule has 0 radical (unpaired) electrons. The monoisotopic (exact) mass is 308 g/mol. The van der Waals surface area contributed by atoms with E-state index in [-0.39, 0.29) is 17.4 Å². The van der Waals surface area contributed by atoms with Crippen LogP contribution in [-0.4, -0.2) is 38.7 Å². The number of rotatable bonds is 3. The van der Waals surface area contributed by atoms with Crippen molar-refractivity contribution in [1.29, 1.82) is 0 Å². The van der Waals surface area contributed by atoms with E-state index < -0.39 is 0 Å². The van der Waals surface area contributed by atoms with Crippen LogP contribution in [0.4, 0.5) is 0 Å². The summed E-state index contributed by atoms with van der Waals surface area (Å²) in [5.41, 5.74) is 1.55. The SMILES string of the molecule is O=C(c1ccc2cc[nH]c2c1)N1CC(Cn2ncccc2=O)C1. The van der Waals surface area contributed by atoms with Crippen LogP contribution in [0.15, 0.2) is 53.6 Å². The number of aromatic amines is 1. The standard InChI is InChI=1S/C17H16N4O2/c22-16-2-1-6-19-21(16)11-12-9-20(10-12)17(23)14-4-3-13-5-7-18-15(13)8-14/h1-8,12,18H,9-11H2. The number of carbonyl (C=O) groups excluding carboxylic acids is 1. The number of hydrogen-bond donors (Lipinski definition) is 1. The van der Waals surface area contributed by atoms with Crippen molar-refractivity contribution >= 4 is 16.8 Å². The summed E-state index contributed by atoms with van der Waals surface area (Å²) in [7, 11) is 0. The van der Waals surface area contributed by atoms with Gasteiger partial charge in [-0.05, 0) is 29.7 Å². The summed E-state index contributed by atoms with van der Waals surface area (Å²) in [6, 6.07) is 10.8. The molecular weight excluding hydrogens is 292 g/mol. The van der Waals surface area contributed by atoms with E-state index in [0.717, 1.165) is 10.9 Å². The Labute approximate surface area is 132 Å². The molecule has 1 saturated heterocycles. The number of hydrogen-bond acceptors (Lipinski definition) is 3. The van der Waals surface area contributed by atoms with Crippen LogP contribution in [0, 0.1) is 5.92 Å². The van der Waals surface area contributed by atoms with Crippen LogP contribution >= 0.6 is 0 Å². The summed E-state index contributed by atoms with van der Waals surface area (Å²) in [4.78, 5) is 29.1. The van der Waals surface area contributed by atoms with E-state index in [1.807, 2.05) is 35.4 Å². The van der Waals surface area contributed by atoms with Crippen LogP contribution in [0.1, 0.15) is 10.4 Å². The lowest BCUT2D eigenvalue weighted by Crippen LogP contribution is -2.52. The first-order valence-electron chi connectivity index (χ1n) is 7.59. The van der Waals surface area contributed by atoms with Crippen molar-refractivity contribution in [3.63, 3.8) is 0 Å². The molecule has 0 spiro atoms. The molecule has 116 valence electrons.